The Morgan fingerprint density at radius 3 is 2.45 bits per heavy atom. The van der Waals surface area contributed by atoms with Crippen molar-refractivity contribution in [3.05, 3.63) is 51.5 Å². The second kappa shape index (κ2) is 10.4. The molecular formula is C22H33N5OS. The Morgan fingerprint density at radius 1 is 1.17 bits per heavy atom. The Labute approximate surface area is 178 Å². The van der Waals surface area contributed by atoms with Gasteiger partial charge in [0, 0.05) is 57.0 Å². The molecule has 1 aromatic heterocycles. The van der Waals surface area contributed by atoms with E-state index >= 15 is 0 Å². The Balaban J connectivity index is 1.77. The number of carbonyl (C=O) groups is 1. The summed E-state index contributed by atoms with van der Waals surface area (Å²) in [4.78, 5) is 22.7. The molecule has 1 heterocycles. The number of hydrogen-bond donors (Lipinski definition) is 2. The SMILES string of the molecule is CN=C(NCCc1cccc(C(=O)N(C)C)c1)NCCc1nc(C(C)(C)C)cs1. The maximum absolute atomic E-state index is 12.1. The molecule has 1 amide bonds. The highest BCUT2D eigenvalue weighted by molar-refractivity contribution is 7.09. The Hall–Kier alpha value is -2.41. The second-order valence-electron chi connectivity index (χ2n) is 8.20. The molecule has 6 nitrogen and oxygen atoms in total. The number of guanidine groups is 1. The van der Waals surface area contributed by atoms with Crippen molar-refractivity contribution in [1.82, 2.24) is 20.5 Å². The van der Waals surface area contributed by atoms with Gasteiger partial charge in [-0.25, -0.2) is 4.98 Å². The van der Waals surface area contributed by atoms with Gasteiger partial charge >= 0.3 is 0 Å². The molecule has 29 heavy (non-hydrogen) atoms. The summed E-state index contributed by atoms with van der Waals surface area (Å²) < 4.78 is 0. The lowest BCUT2D eigenvalue weighted by atomic mass is 9.93. The number of amides is 1. The van der Waals surface area contributed by atoms with Crippen LogP contribution in [-0.4, -0.2) is 56.0 Å². The highest BCUT2D eigenvalue weighted by Crippen LogP contribution is 2.23. The standard InChI is InChI=1S/C22H33N5OS/c1-22(2,3)18-15-29-19(26-18)11-13-25-21(23-4)24-12-10-16-8-7-9-17(14-16)20(28)27(5)6/h7-9,14-15H,10-13H2,1-6H3,(H2,23,24,25). The highest BCUT2D eigenvalue weighted by Gasteiger charge is 2.17. The van der Waals surface area contributed by atoms with Crippen molar-refractivity contribution in [2.24, 2.45) is 4.99 Å². The smallest absolute Gasteiger partial charge is 0.253 e. The van der Waals surface area contributed by atoms with E-state index in [9.17, 15) is 4.79 Å². The molecule has 0 atom stereocenters. The number of aromatic nitrogens is 1. The van der Waals surface area contributed by atoms with Gasteiger partial charge in [0.25, 0.3) is 5.91 Å². The number of benzene rings is 1. The zero-order valence-corrected chi connectivity index (χ0v) is 19.2. The molecule has 2 aromatic rings. The molecular weight excluding hydrogens is 382 g/mol. The molecule has 0 aliphatic rings. The van der Waals surface area contributed by atoms with Gasteiger partial charge < -0.3 is 15.5 Å². The summed E-state index contributed by atoms with van der Waals surface area (Å²) in [5.74, 6) is 0.798. The molecule has 0 bridgehead atoms. The first-order valence-corrected chi connectivity index (χ1v) is 10.8. The number of carbonyl (C=O) groups excluding carboxylic acids is 1. The minimum atomic E-state index is 0.0223. The van der Waals surface area contributed by atoms with E-state index in [-0.39, 0.29) is 11.3 Å². The minimum absolute atomic E-state index is 0.0223. The monoisotopic (exact) mass is 415 g/mol. The zero-order valence-electron chi connectivity index (χ0n) is 18.4. The molecule has 158 valence electrons. The zero-order chi connectivity index (χ0) is 21.4. The normalized spacial score (nSPS) is 12.0. The van der Waals surface area contributed by atoms with Gasteiger partial charge in [-0.15, -0.1) is 11.3 Å². The summed E-state index contributed by atoms with van der Waals surface area (Å²) in [6, 6.07) is 7.78. The second-order valence-corrected chi connectivity index (χ2v) is 9.14. The van der Waals surface area contributed by atoms with E-state index in [2.05, 4.69) is 41.8 Å². The molecule has 0 aliphatic heterocycles. The highest BCUT2D eigenvalue weighted by atomic mass is 32.1. The molecule has 1 aromatic carbocycles. The van der Waals surface area contributed by atoms with Gasteiger partial charge in [0.15, 0.2) is 5.96 Å². The van der Waals surface area contributed by atoms with Gasteiger partial charge in [-0.05, 0) is 24.1 Å². The quantitative estimate of drug-likeness (QED) is 0.539. The largest absolute Gasteiger partial charge is 0.356 e. The van der Waals surface area contributed by atoms with Crippen LogP contribution in [0.1, 0.15) is 47.4 Å². The summed E-state index contributed by atoms with van der Waals surface area (Å²) >= 11 is 1.71. The Morgan fingerprint density at radius 2 is 1.86 bits per heavy atom. The van der Waals surface area contributed by atoms with E-state index in [4.69, 9.17) is 4.98 Å². The van der Waals surface area contributed by atoms with E-state index < -0.39 is 0 Å². The topological polar surface area (TPSA) is 69.6 Å². The molecule has 7 heteroatoms. The number of nitrogens with one attached hydrogen (secondary N) is 2. The molecule has 0 unspecified atom stereocenters. The third-order valence-electron chi connectivity index (χ3n) is 4.46. The number of nitrogens with zero attached hydrogens (tertiary/aromatic N) is 3. The van der Waals surface area contributed by atoms with Crippen LogP contribution in [0.3, 0.4) is 0 Å². The number of rotatable bonds is 7. The first-order chi connectivity index (χ1) is 13.7. The minimum Gasteiger partial charge on any atom is -0.356 e. The fraction of sp³-hybridized carbons (Fsp3) is 0.500. The number of thiazole rings is 1. The van der Waals surface area contributed by atoms with E-state index in [1.54, 1.807) is 37.4 Å². The Kier molecular flexibility index (Phi) is 8.20. The van der Waals surface area contributed by atoms with Crippen LogP contribution in [0.4, 0.5) is 0 Å². The van der Waals surface area contributed by atoms with Crippen molar-refractivity contribution < 1.29 is 4.79 Å². The molecule has 2 rings (SSSR count). The van der Waals surface area contributed by atoms with E-state index in [1.807, 2.05) is 24.3 Å². The maximum atomic E-state index is 12.1. The molecule has 0 radical (unpaired) electrons. The van der Waals surface area contributed by atoms with Crippen LogP contribution in [-0.2, 0) is 18.3 Å². The van der Waals surface area contributed by atoms with Gasteiger partial charge in [0.1, 0.15) is 0 Å². The van der Waals surface area contributed by atoms with E-state index in [0.717, 1.165) is 48.2 Å². The summed E-state index contributed by atoms with van der Waals surface area (Å²) in [6.45, 7) is 8.07. The lowest BCUT2D eigenvalue weighted by Gasteiger charge is -2.14. The van der Waals surface area contributed by atoms with Crippen molar-refractivity contribution in [3.63, 3.8) is 0 Å². The van der Waals surface area contributed by atoms with Gasteiger partial charge in [-0.1, -0.05) is 32.9 Å². The first kappa shape index (κ1) is 22.9. The molecule has 0 saturated heterocycles. The molecule has 0 spiro atoms. The lowest BCUT2D eigenvalue weighted by Crippen LogP contribution is -2.39. The molecule has 0 saturated carbocycles. The van der Waals surface area contributed by atoms with E-state index in [1.165, 1.54) is 0 Å². The lowest BCUT2D eigenvalue weighted by molar-refractivity contribution is 0.0827. The van der Waals surface area contributed by atoms with Gasteiger partial charge in [0.05, 0.1) is 10.7 Å². The van der Waals surface area contributed by atoms with E-state index in [0.29, 0.717) is 5.56 Å². The van der Waals surface area contributed by atoms with Crippen LogP contribution in [0.5, 0.6) is 0 Å². The summed E-state index contributed by atoms with van der Waals surface area (Å²) in [7, 11) is 5.30. The van der Waals surface area contributed by atoms with Crippen molar-refractivity contribution in [2.45, 2.75) is 39.0 Å². The van der Waals surface area contributed by atoms with Crippen LogP contribution in [0, 0.1) is 0 Å². The van der Waals surface area contributed by atoms with Gasteiger partial charge in [0.2, 0.25) is 0 Å². The van der Waals surface area contributed by atoms with Crippen LogP contribution in [0.2, 0.25) is 0 Å². The third kappa shape index (κ3) is 7.16. The van der Waals surface area contributed by atoms with Crippen LogP contribution in [0.25, 0.3) is 0 Å². The maximum Gasteiger partial charge on any atom is 0.253 e. The van der Waals surface area contributed by atoms with Crippen molar-refractivity contribution >= 4 is 23.2 Å². The van der Waals surface area contributed by atoms with Gasteiger partial charge in [-0.3, -0.25) is 9.79 Å². The van der Waals surface area contributed by atoms with Gasteiger partial charge in [-0.2, -0.15) is 0 Å². The molecule has 2 N–H and O–H groups in total. The fourth-order valence-electron chi connectivity index (χ4n) is 2.72. The average Bonchev–Trinajstić information content (AvgIpc) is 3.15. The average molecular weight is 416 g/mol. The molecule has 0 fully saturated rings. The predicted octanol–water partition coefficient (Wildman–Crippen LogP) is 3.09. The number of aliphatic imine (C=N–C) groups is 1. The van der Waals surface area contributed by atoms with Crippen molar-refractivity contribution in [3.8, 4) is 0 Å². The Bertz CT molecular complexity index is 836. The first-order valence-electron chi connectivity index (χ1n) is 9.90. The summed E-state index contributed by atoms with van der Waals surface area (Å²) in [5, 5.41) is 9.96. The van der Waals surface area contributed by atoms with Crippen LogP contribution >= 0.6 is 11.3 Å². The third-order valence-corrected chi connectivity index (χ3v) is 5.37. The van der Waals surface area contributed by atoms with Crippen molar-refractivity contribution in [1.29, 1.82) is 0 Å². The van der Waals surface area contributed by atoms with Crippen LogP contribution < -0.4 is 10.6 Å². The van der Waals surface area contributed by atoms with Crippen molar-refractivity contribution in [2.75, 3.05) is 34.2 Å². The number of hydrogen-bond acceptors (Lipinski definition) is 4. The fourth-order valence-corrected chi connectivity index (χ4v) is 3.75. The molecule has 0 aliphatic carbocycles. The summed E-state index contributed by atoms with van der Waals surface area (Å²) in [5.41, 5.74) is 3.08. The van der Waals surface area contributed by atoms with Crippen LogP contribution in [0.15, 0.2) is 34.6 Å². The summed E-state index contributed by atoms with van der Waals surface area (Å²) in [6.07, 6.45) is 1.69. The predicted molar refractivity (Wildman–Crippen MR) is 122 cm³/mol.